The molecule has 0 heterocycles. The number of hydrogen-bond acceptors (Lipinski definition) is 3. The van der Waals surface area contributed by atoms with Gasteiger partial charge in [-0.2, -0.15) is 0 Å². The van der Waals surface area contributed by atoms with E-state index >= 15 is 0 Å². The van der Waals surface area contributed by atoms with Gasteiger partial charge in [-0.1, -0.05) is 30.1 Å². The van der Waals surface area contributed by atoms with Crippen molar-refractivity contribution >= 4 is 33.2 Å². The number of halogens is 2. The number of rotatable bonds is 5. The number of benzene rings is 1. The van der Waals surface area contributed by atoms with Crippen LogP contribution in [0.5, 0.6) is 0 Å². The molecule has 1 rings (SSSR count). The molecule has 0 unspecified atom stereocenters. The van der Waals surface area contributed by atoms with Crippen molar-refractivity contribution in [3.8, 4) is 0 Å². The second-order valence-electron chi connectivity index (χ2n) is 5.51. The molecule has 0 aromatic heterocycles. The van der Waals surface area contributed by atoms with Crippen LogP contribution in [0, 0.1) is 0 Å². The van der Waals surface area contributed by atoms with Crippen molar-refractivity contribution in [2.24, 2.45) is 0 Å². The third kappa shape index (κ3) is 4.90. The molecular formula is C13H20Cl2N2O2S. The van der Waals surface area contributed by atoms with Gasteiger partial charge in [0.15, 0.2) is 0 Å². The first-order chi connectivity index (χ1) is 9.07. The fourth-order valence-electron chi connectivity index (χ4n) is 1.66. The minimum atomic E-state index is -3.71. The molecule has 0 amide bonds. The molecule has 0 aliphatic carbocycles. The summed E-state index contributed by atoms with van der Waals surface area (Å²) in [7, 11) is -3.71. The maximum absolute atomic E-state index is 12.4. The summed E-state index contributed by atoms with van der Waals surface area (Å²) in [6, 6.07) is 3.04. The van der Waals surface area contributed by atoms with E-state index in [4.69, 9.17) is 23.2 Å². The van der Waals surface area contributed by atoms with Crippen LogP contribution in [-0.4, -0.2) is 20.5 Å². The van der Waals surface area contributed by atoms with Gasteiger partial charge in [0.2, 0.25) is 10.0 Å². The van der Waals surface area contributed by atoms with E-state index in [1.807, 2.05) is 6.92 Å². The highest BCUT2D eigenvalue weighted by Crippen LogP contribution is 2.30. The van der Waals surface area contributed by atoms with Gasteiger partial charge in [-0.3, -0.25) is 0 Å². The first-order valence-electron chi connectivity index (χ1n) is 6.29. The molecule has 4 nitrogen and oxygen atoms in total. The van der Waals surface area contributed by atoms with Gasteiger partial charge in [-0.15, -0.1) is 0 Å². The zero-order valence-corrected chi connectivity index (χ0v) is 14.4. The van der Waals surface area contributed by atoms with Crippen molar-refractivity contribution in [2.45, 2.75) is 44.7 Å². The number of sulfonamides is 1. The summed E-state index contributed by atoms with van der Waals surface area (Å²) < 4.78 is 27.3. The molecule has 0 fully saturated rings. The predicted molar refractivity (Wildman–Crippen MR) is 83.9 cm³/mol. The van der Waals surface area contributed by atoms with Gasteiger partial charge >= 0.3 is 0 Å². The smallest absolute Gasteiger partial charge is 0.242 e. The zero-order valence-electron chi connectivity index (χ0n) is 12.0. The summed E-state index contributed by atoms with van der Waals surface area (Å²) in [5, 5.41) is 3.65. The Morgan fingerprint density at radius 1 is 1.20 bits per heavy atom. The van der Waals surface area contributed by atoms with Gasteiger partial charge in [-0.25, -0.2) is 13.1 Å². The molecule has 0 spiro atoms. The van der Waals surface area contributed by atoms with Crippen LogP contribution in [0.25, 0.3) is 0 Å². The number of nitrogens with one attached hydrogen (secondary N) is 2. The van der Waals surface area contributed by atoms with Gasteiger partial charge in [-0.05, 0) is 45.0 Å². The third-order valence-electron chi connectivity index (χ3n) is 2.37. The molecule has 0 aliphatic rings. The maximum Gasteiger partial charge on any atom is 0.242 e. The highest BCUT2D eigenvalue weighted by Gasteiger charge is 2.25. The Hall–Kier alpha value is -0.330. The standard InChI is InChI=1S/C13H20Cl2N2O2S/c1-5-16-8-9-6-10(14)7-11(12(9)15)20(18,19)17-13(2,3)4/h6-7,16-17H,5,8H2,1-4H3. The highest BCUT2D eigenvalue weighted by molar-refractivity contribution is 7.89. The zero-order chi connectivity index (χ0) is 15.6. The van der Waals surface area contributed by atoms with Gasteiger partial charge in [0.1, 0.15) is 4.90 Å². The molecule has 20 heavy (non-hydrogen) atoms. The Labute approximate surface area is 130 Å². The Morgan fingerprint density at radius 3 is 2.30 bits per heavy atom. The van der Waals surface area contributed by atoms with E-state index in [9.17, 15) is 8.42 Å². The van der Waals surface area contributed by atoms with E-state index in [0.29, 0.717) is 17.1 Å². The second-order valence-corrected chi connectivity index (χ2v) is 7.98. The summed E-state index contributed by atoms with van der Waals surface area (Å²) in [5.74, 6) is 0. The average molecular weight is 339 g/mol. The van der Waals surface area contributed by atoms with Gasteiger partial charge < -0.3 is 5.32 Å². The van der Waals surface area contributed by atoms with Crippen LogP contribution in [-0.2, 0) is 16.6 Å². The van der Waals surface area contributed by atoms with E-state index in [1.165, 1.54) is 6.07 Å². The third-order valence-corrected chi connectivity index (χ3v) is 4.93. The summed E-state index contributed by atoms with van der Waals surface area (Å²) in [5.41, 5.74) is 0.0714. The summed E-state index contributed by atoms with van der Waals surface area (Å²) >= 11 is 12.2. The van der Waals surface area contributed by atoms with Gasteiger partial charge in [0.05, 0.1) is 5.02 Å². The first-order valence-corrected chi connectivity index (χ1v) is 8.53. The van der Waals surface area contributed by atoms with Crippen molar-refractivity contribution < 1.29 is 8.42 Å². The van der Waals surface area contributed by atoms with Crippen molar-refractivity contribution in [2.75, 3.05) is 6.54 Å². The summed E-state index contributed by atoms with van der Waals surface area (Å²) in [6.45, 7) is 8.48. The lowest BCUT2D eigenvalue weighted by Gasteiger charge is -2.21. The molecule has 2 N–H and O–H groups in total. The van der Waals surface area contributed by atoms with Crippen LogP contribution in [0.2, 0.25) is 10.0 Å². The summed E-state index contributed by atoms with van der Waals surface area (Å²) in [6.07, 6.45) is 0. The van der Waals surface area contributed by atoms with Crippen LogP contribution in [0.15, 0.2) is 17.0 Å². The van der Waals surface area contributed by atoms with Crippen molar-refractivity contribution in [3.05, 3.63) is 27.7 Å². The fourth-order valence-corrected chi connectivity index (χ4v) is 4.01. The van der Waals surface area contributed by atoms with Crippen LogP contribution in [0.3, 0.4) is 0 Å². The molecule has 0 saturated carbocycles. The minimum absolute atomic E-state index is 0.00879. The van der Waals surface area contributed by atoms with Crippen molar-refractivity contribution in [3.63, 3.8) is 0 Å². The maximum atomic E-state index is 12.4. The van der Waals surface area contributed by atoms with Crippen molar-refractivity contribution in [1.29, 1.82) is 0 Å². The lowest BCUT2D eigenvalue weighted by molar-refractivity contribution is 0.491. The van der Waals surface area contributed by atoms with Crippen LogP contribution in [0.1, 0.15) is 33.3 Å². The molecule has 1 aromatic carbocycles. The average Bonchev–Trinajstić information content (AvgIpc) is 2.26. The molecule has 1 aromatic rings. The Bertz CT molecular complexity index is 581. The van der Waals surface area contributed by atoms with E-state index < -0.39 is 15.6 Å². The molecular weight excluding hydrogens is 319 g/mol. The highest BCUT2D eigenvalue weighted by atomic mass is 35.5. The molecule has 114 valence electrons. The van der Waals surface area contributed by atoms with E-state index in [-0.39, 0.29) is 9.92 Å². The molecule has 0 saturated heterocycles. The predicted octanol–water partition coefficient (Wildman–Crippen LogP) is 3.18. The van der Waals surface area contributed by atoms with Gasteiger partial charge in [0, 0.05) is 17.1 Å². The molecule has 7 heteroatoms. The van der Waals surface area contributed by atoms with E-state index in [1.54, 1.807) is 26.8 Å². The largest absolute Gasteiger partial charge is 0.313 e. The molecule has 0 atom stereocenters. The molecule has 0 radical (unpaired) electrons. The van der Waals surface area contributed by atoms with Crippen molar-refractivity contribution in [1.82, 2.24) is 10.0 Å². The van der Waals surface area contributed by atoms with Crippen LogP contribution >= 0.6 is 23.2 Å². The number of hydrogen-bond donors (Lipinski definition) is 2. The van der Waals surface area contributed by atoms with Crippen LogP contribution in [0.4, 0.5) is 0 Å². The Morgan fingerprint density at radius 2 is 1.80 bits per heavy atom. The molecule has 0 bridgehead atoms. The van der Waals surface area contributed by atoms with E-state index in [2.05, 4.69) is 10.0 Å². The van der Waals surface area contributed by atoms with Crippen LogP contribution < -0.4 is 10.0 Å². The topological polar surface area (TPSA) is 58.2 Å². The normalized spacial score (nSPS) is 12.7. The fraction of sp³-hybridized carbons (Fsp3) is 0.538. The quantitative estimate of drug-likeness (QED) is 0.866. The molecule has 0 aliphatic heterocycles. The second kappa shape index (κ2) is 6.62. The SMILES string of the molecule is CCNCc1cc(Cl)cc(S(=O)(=O)NC(C)(C)C)c1Cl. The Balaban J connectivity index is 3.28. The lowest BCUT2D eigenvalue weighted by Crippen LogP contribution is -2.40. The van der Waals surface area contributed by atoms with E-state index in [0.717, 1.165) is 6.54 Å². The summed E-state index contributed by atoms with van der Waals surface area (Å²) in [4.78, 5) is 0.00879. The lowest BCUT2D eigenvalue weighted by atomic mass is 10.1. The minimum Gasteiger partial charge on any atom is -0.313 e. The Kier molecular flexibility index (Phi) is 5.87. The first kappa shape index (κ1) is 17.7. The monoisotopic (exact) mass is 338 g/mol. The van der Waals surface area contributed by atoms with Gasteiger partial charge in [0.25, 0.3) is 0 Å².